The average molecular weight is 343 g/mol. The summed E-state index contributed by atoms with van der Waals surface area (Å²) < 4.78 is 6.01. The zero-order valence-corrected chi connectivity index (χ0v) is 15.3. The van der Waals surface area contributed by atoms with E-state index >= 15 is 0 Å². The van der Waals surface area contributed by atoms with E-state index in [0.29, 0.717) is 24.2 Å². The molecular weight excluding hydrogens is 314 g/mol. The first-order valence-corrected chi connectivity index (χ1v) is 9.66. The Bertz CT molecular complexity index is 640. The van der Waals surface area contributed by atoms with Crippen molar-refractivity contribution in [3.63, 3.8) is 0 Å². The molecule has 1 aromatic rings. The van der Waals surface area contributed by atoms with E-state index in [0.717, 1.165) is 55.4 Å². The van der Waals surface area contributed by atoms with Crippen LogP contribution in [0, 0.1) is 10.8 Å². The van der Waals surface area contributed by atoms with E-state index in [1.165, 1.54) is 0 Å². The second-order valence-corrected chi connectivity index (χ2v) is 7.43. The zero-order chi connectivity index (χ0) is 17.8. The predicted octanol–water partition coefficient (Wildman–Crippen LogP) is 5.65. The van der Waals surface area contributed by atoms with Gasteiger partial charge in [0.25, 0.3) is 0 Å². The number of unbranched alkanes of at least 4 members (excludes halogenated alkanes) is 1. The van der Waals surface area contributed by atoms with Crippen LogP contribution in [0.2, 0.25) is 0 Å². The first-order chi connectivity index (χ1) is 12.2. The summed E-state index contributed by atoms with van der Waals surface area (Å²) in [4.78, 5) is 11.0. The summed E-state index contributed by atoms with van der Waals surface area (Å²) in [6.45, 7) is 5.01. The van der Waals surface area contributed by atoms with Crippen LogP contribution in [0.3, 0.4) is 0 Å². The second-order valence-electron chi connectivity index (χ2n) is 7.43. The lowest BCUT2D eigenvalue weighted by Gasteiger charge is -2.39. The number of rotatable bonds is 6. The van der Waals surface area contributed by atoms with Gasteiger partial charge in [-0.3, -0.25) is 0 Å². The maximum Gasteiger partial charge on any atom is 0.126 e. The smallest absolute Gasteiger partial charge is 0.126 e. The molecule has 0 amide bonds. The number of benzene rings is 1. The molecule has 2 aliphatic rings. The molecule has 2 unspecified atom stereocenters. The van der Waals surface area contributed by atoms with Crippen LogP contribution >= 0.6 is 0 Å². The zero-order valence-electron chi connectivity index (χ0n) is 15.3. The van der Waals surface area contributed by atoms with Gasteiger partial charge in [-0.2, -0.15) is 4.91 Å². The van der Waals surface area contributed by atoms with E-state index in [1.54, 1.807) is 0 Å². The largest absolute Gasteiger partial charge is 0.508 e. The van der Waals surface area contributed by atoms with Gasteiger partial charge in [0.15, 0.2) is 0 Å². The number of phenols is 1. The SMILES string of the molecule is CCCC=CC(CC)c1cc(O)c2c(c1)OC[C@@H]1CCC(N=O)C[C@@H]21. The number of hydrogen-bond donors (Lipinski definition) is 1. The molecule has 1 aliphatic carbocycles. The van der Waals surface area contributed by atoms with Crippen molar-refractivity contribution in [3.05, 3.63) is 40.3 Å². The average Bonchev–Trinajstić information content (AvgIpc) is 2.64. The van der Waals surface area contributed by atoms with Gasteiger partial charge in [-0.1, -0.05) is 37.6 Å². The van der Waals surface area contributed by atoms with Crippen LogP contribution in [0.4, 0.5) is 0 Å². The number of ether oxygens (including phenoxy) is 1. The Morgan fingerprint density at radius 2 is 2.20 bits per heavy atom. The van der Waals surface area contributed by atoms with Crippen molar-refractivity contribution in [3.8, 4) is 11.5 Å². The summed E-state index contributed by atoms with van der Waals surface area (Å²) in [6.07, 6.45) is 10.2. The van der Waals surface area contributed by atoms with Crippen LogP contribution in [0.5, 0.6) is 11.5 Å². The highest BCUT2D eigenvalue weighted by Crippen LogP contribution is 2.50. The number of phenolic OH excluding ortho intramolecular Hbond substituents is 1. The van der Waals surface area contributed by atoms with Crippen LogP contribution in [0.15, 0.2) is 29.5 Å². The Kier molecular flexibility index (Phi) is 5.77. The van der Waals surface area contributed by atoms with Gasteiger partial charge in [0, 0.05) is 17.4 Å². The van der Waals surface area contributed by atoms with E-state index in [-0.39, 0.29) is 12.0 Å². The maximum atomic E-state index is 11.0. The summed E-state index contributed by atoms with van der Waals surface area (Å²) in [5, 5.41) is 14.0. The highest BCUT2D eigenvalue weighted by Gasteiger charge is 2.39. The number of nitrogens with zero attached hydrogens (tertiary/aromatic N) is 1. The van der Waals surface area contributed by atoms with Gasteiger partial charge < -0.3 is 9.84 Å². The maximum absolute atomic E-state index is 11.0. The van der Waals surface area contributed by atoms with Gasteiger partial charge in [-0.15, -0.1) is 0 Å². The minimum absolute atomic E-state index is 0.133. The lowest BCUT2D eigenvalue weighted by molar-refractivity contribution is 0.146. The Morgan fingerprint density at radius 1 is 1.36 bits per heavy atom. The molecule has 4 atom stereocenters. The van der Waals surface area contributed by atoms with Gasteiger partial charge in [0.2, 0.25) is 0 Å². The molecule has 4 heteroatoms. The molecule has 1 heterocycles. The third kappa shape index (κ3) is 3.73. The van der Waals surface area contributed by atoms with E-state index in [4.69, 9.17) is 4.74 Å². The molecular formula is C21H29NO3. The first kappa shape index (κ1) is 18.0. The highest BCUT2D eigenvalue weighted by atomic mass is 16.5. The predicted molar refractivity (Wildman–Crippen MR) is 100 cm³/mol. The topological polar surface area (TPSA) is 58.9 Å². The Labute approximate surface area is 150 Å². The third-order valence-corrected chi connectivity index (χ3v) is 5.77. The summed E-state index contributed by atoms with van der Waals surface area (Å²) >= 11 is 0. The van der Waals surface area contributed by atoms with Crippen LogP contribution < -0.4 is 4.74 Å². The second kappa shape index (κ2) is 8.03. The highest BCUT2D eigenvalue weighted by molar-refractivity contribution is 5.52. The van der Waals surface area contributed by atoms with Gasteiger partial charge >= 0.3 is 0 Å². The lowest BCUT2D eigenvalue weighted by Crippen LogP contribution is -2.33. The number of nitroso groups, excluding NO2 is 1. The van der Waals surface area contributed by atoms with Crippen molar-refractivity contribution in [2.45, 2.75) is 70.3 Å². The molecule has 1 saturated carbocycles. The quantitative estimate of drug-likeness (QED) is 0.536. The molecule has 1 aliphatic heterocycles. The molecule has 4 nitrogen and oxygen atoms in total. The van der Waals surface area contributed by atoms with Crippen molar-refractivity contribution in [1.29, 1.82) is 0 Å². The fourth-order valence-electron chi connectivity index (χ4n) is 4.31. The summed E-state index contributed by atoms with van der Waals surface area (Å²) in [7, 11) is 0. The number of aromatic hydroxyl groups is 1. The Morgan fingerprint density at radius 3 is 2.92 bits per heavy atom. The standard InChI is InChI=1S/C21H29NO3/c1-3-5-6-7-14(4-2)16-10-19(23)21-18-12-17(22-24)9-8-15(18)13-25-20(21)11-16/h6-7,10-11,14-15,17-18,23H,3-5,8-9,12-13H2,1-2H3/t14?,15-,17?,18+/m0/s1. The van der Waals surface area contributed by atoms with E-state index in [9.17, 15) is 10.0 Å². The van der Waals surface area contributed by atoms with Crippen LogP contribution in [0.1, 0.15) is 75.3 Å². The normalized spacial score (nSPS) is 26.6. The van der Waals surface area contributed by atoms with Crippen LogP contribution in [0.25, 0.3) is 0 Å². The fourth-order valence-corrected chi connectivity index (χ4v) is 4.31. The number of allylic oxidation sites excluding steroid dienone is 2. The van der Waals surface area contributed by atoms with E-state index in [2.05, 4.69) is 37.2 Å². The molecule has 25 heavy (non-hydrogen) atoms. The minimum atomic E-state index is -0.133. The van der Waals surface area contributed by atoms with Crippen molar-refractivity contribution in [2.75, 3.05) is 6.61 Å². The van der Waals surface area contributed by atoms with Crippen molar-refractivity contribution < 1.29 is 9.84 Å². The van der Waals surface area contributed by atoms with E-state index in [1.807, 2.05) is 6.07 Å². The van der Waals surface area contributed by atoms with Gasteiger partial charge in [0.1, 0.15) is 11.5 Å². The van der Waals surface area contributed by atoms with E-state index < -0.39 is 0 Å². The summed E-state index contributed by atoms with van der Waals surface area (Å²) in [6, 6.07) is 3.85. The van der Waals surface area contributed by atoms with Crippen molar-refractivity contribution in [1.82, 2.24) is 0 Å². The first-order valence-electron chi connectivity index (χ1n) is 9.66. The number of fused-ring (bicyclic) bond motifs is 3. The molecule has 0 bridgehead atoms. The molecule has 0 aromatic heterocycles. The Balaban J connectivity index is 1.90. The van der Waals surface area contributed by atoms with Crippen molar-refractivity contribution in [2.24, 2.45) is 11.1 Å². The minimum Gasteiger partial charge on any atom is -0.508 e. The van der Waals surface area contributed by atoms with Gasteiger partial charge in [0.05, 0.1) is 12.6 Å². The van der Waals surface area contributed by atoms with Gasteiger partial charge in [-0.05, 0) is 55.7 Å². The number of hydrogen-bond acceptors (Lipinski definition) is 4. The third-order valence-electron chi connectivity index (χ3n) is 5.77. The van der Waals surface area contributed by atoms with Crippen LogP contribution in [-0.4, -0.2) is 17.8 Å². The Hall–Kier alpha value is -1.84. The summed E-state index contributed by atoms with van der Waals surface area (Å²) in [5.74, 6) is 1.97. The molecule has 1 fully saturated rings. The monoisotopic (exact) mass is 343 g/mol. The van der Waals surface area contributed by atoms with Crippen molar-refractivity contribution >= 4 is 0 Å². The van der Waals surface area contributed by atoms with Gasteiger partial charge in [-0.25, -0.2) is 0 Å². The molecule has 0 spiro atoms. The molecule has 136 valence electrons. The lowest BCUT2D eigenvalue weighted by atomic mass is 9.72. The van der Waals surface area contributed by atoms with Crippen LogP contribution in [-0.2, 0) is 0 Å². The molecule has 3 rings (SSSR count). The molecule has 0 saturated heterocycles. The molecule has 1 aromatic carbocycles. The molecule has 0 radical (unpaired) electrons. The fraction of sp³-hybridized carbons (Fsp3) is 0.619. The molecule has 1 N–H and O–H groups in total. The summed E-state index contributed by atoms with van der Waals surface area (Å²) in [5.41, 5.74) is 1.99.